The van der Waals surface area contributed by atoms with Crippen molar-refractivity contribution in [2.24, 2.45) is 0 Å². The maximum atomic E-state index is 13.0. The third kappa shape index (κ3) is 1.75. The highest BCUT2D eigenvalue weighted by Crippen LogP contribution is 2.36. The summed E-state index contributed by atoms with van der Waals surface area (Å²) in [6, 6.07) is 5.08. The van der Waals surface area contributed by atoms with Crippen LogP contribution in [0, 0.1) is 5.82 Å². The molecule has 1 heterocycles. The minimum atomic E-state index is -0.190. The Morgan fingerprint density at radius 2 is 2.15 bits per heavy atom. The lowest BCUT2D eigenvalue weighted by molar-refractivity contribution is 0.629. The number of halogens is 2. The van der Waals surface area contributed by atoms with Crippen LogP contribution in [0.25, 0.3) is 10.1 Å². The predicted molar refractivity (Wildman–Crippen MR) is 61.3 cm³/mol. The fourth-order valence-corrected chi connectivity index (χ4v) is 3.45. The molecule has 0 aliphatic heterocycles. The fraction of sp³-hybridized carbons (Fsp3) is 0.111. The molecule has 0 saturated heterocycles. The summed E-state index contributed by atoms with van der Waals surface area (Å²) < 4.78 is 16.1. The largest absolute Gasteiger partial charge is 0.207 e. The molecule has 0 spiro atoms. The van der Waals surface area contributed by atoms with E-state index in [0.29, 0.717) is 0 Å². The molecule has 13 heavy (non-hydrogen) atoms. The number of thiophene rings is 1. The van der Waals surface area contributed by atoms with Gasteiger partial charge in [0.2, 0.25) is 0 Å². The van der Waals surface area contributed by atoms with Crippen molar-refractivity contribution in [1.82, 2.24) is 0 Å². The summed E-state index contributed by atoms with van der Waals surface area (Å²) in [6.45, 7) is 0. The number of fused-ring (bicyclic) bond motifs is 1. The minimum absolute atomic E-state index is 0.190. The summed E-state index contributed by atoms with van der Waals surface area (Å²) >= 11 is 6.72. The van der Waals surface area contributed by atoms with Crippen LogP contribution in [0.2, 0.25) is 0 Å². The second-order valence-corrected chi connectivity index (χ2v) is 5.59. The topological polar surface area (TPSA) is 0 Å². The van der Waals surface area contributed by atoms with Crippen molar-refractivity contribution in [3.8, 4) is 0 Å². The van der Waals surface area contributed by atoms with Gasteiger partial charge >= 0.3 is 0 Å². The Morgan fingerprint density at radius 3 is 2.85 bits per heavy atom. The molecule has 0 fully saturated rings. The molecule has 0 atom stereocenters. The highest BCUT2D eigenvalue weighted by atomic mass is 79.9. The number of hydrogen-bond acceptors (Lipinski definition) is 2. The van der Waals surface area contributed by atoms with Gasteiger partial charge in [-0.3, -0.25) is 0 Å². The molecule has 0 nitrogen and oxygen atoms in total. The number of rotatable bonds is 1. The van der Waals surface area contributed by atoms with E-state index in [-0.39, 0.29) is 5.82 Å². The van der Waals surface area contributed by atoms with E-state index >= 15 is 0 Å². The maximum absolute atomic E-state index is 13.0. The molecule has 68 valence electrons. The van der Waals surface area contributed by atoms with Crippen molar-refractivity contribution in [3.05, 3.63) is 28.5 Å². The van der Waals surface area contributed by atoms with Crippen LogP contribution in [0.3, 0.4) is 0 Å². The quantitative estimate of drug-likeness (QED) is 0.690. The van der Waals surface area contributed by atoms with E-state index in [2.05, 4.69) is 15.9 Å². The molecule has 0 saturated carbocycles. The highest BCUT2D eigenvalue weighted by Gasteiger charge is 2.06. The van der Waals surface area contributed by atoms with Gasteiger partial charge in [-0.05, 0) is 45.8 Å². The monoisotopic (exact) mass is 276 g/mol. The van der Waals surface area contributed by atoms with Crippen molar-refractivity contribution < 1.29 is 4.39 Å². The van der Waals surface area contributed by atoms with Gasteiger partial charge in [0.15, 0.2) is 0 Å². The van der Waals surface area contributed by atoms with Crippen molar-refractivity contribution in [3.63, 3.8) is 0 Å². The van der Waals surface area contributed by atoms with Crippen molar-refractivity contribution in [1.29, 1.82) is 0 Å². The lowest BCUT2D eigenvalue weighted by Gasteiger charge is -1.92. The van der Waals surface area contributed by atoms with Gasteiger partial charge in [-0.2, -0.15) is 0 Å². The van der Waals surface area contributed by atoms with Crippen LogP contribution in [0.4, 0.5) is 4.39 Å². The lowest BCUT2D eigenvalue weighted by atomic mass is 10.3. The zero-order chi connectivity index (χ0) is 9.42. The molecule has 0 aliphatic rings. The summed E-state index contributed by atoms with van der Waals surface area (Å²) in [5.41, 5.74) is 0. The van der Waals surface area contributed by atoms with Crippen LogP contribution < -0.4 is 0 Å². The molecule has 1 aromatic carbocycles. The maximum Gasteiger partial charge on any atom is 0.125 e. The molecule has 0 radical (unpaired) electrons. The zero-order valence-electron chi connectivity index (χ0n) is 6.80. The molecule has 0 bridgehead atoms. The smallest absolute Gasteiger partial charge is 0.125 e. The first-order valence-electron chi connectivity index (χ1n) is 3.63. The second kappa shape index (κ2) is 3.59. The van der Waals surface area contributed by atoms with E-state index in [4.69, 9.17) is 0 Å². The number of hydrogen-bond donors (Lipinski definition) is 0. The van der Waals surface area contributed by atoms with Crippen molar-refractivity contribution in [2.75, 3.05) is 6.26 Å². The van der Waals surface area contributed by atoms with E-state index in [0.717, 1.165) is 14.6 Å². The van der Waals surface area contributed by atoms with E-state index < -0.39 is 0 Å². The number of benzene rings is 1. The van der Waals surface area contributed by atoms with Gasteiger partial charge in [-0.15, -0.1) is 23.1 Å². The molecule has 2 aromatic rings. The average molecular weight is 277 g/mol. The molecule has 2 rings (SSSR count). The Bertz CT molecular complexity index is 450. The lowest BCUT2D eigenvalue weighted by Crippen LogP contribution is -1.72. The number of thioether (sulfide) groups is 1. The van der Waals surface area contributed by atoms with E-state index in [9.17, 15) is 4.39 Å². The van der Waals surface area contributed by atoms with Crippen LogP contribution in [0.15, 0.2) is 26.9 Å². The van der Waals surface area contributed by atoms with Crippen LogP contribution in [-0.4, -0.2) is 6.26 Å². The van der Waals surface area contributed by atoms with E-state index in [1.807, 2.05) is 12.3 Å². The molecule has 0 amide bonds. The molecule has 0 aliphatic carbocycles. The first-order chi connectivity index (χ1) is 6.20. The summed E-state index contributed by atoms with van der Waals surface area (Å²) in [6.07, 6.45) is 2.02. The predicted octanol–water partition coefficient (Wildman–Crippen LogP) is 4.52. The normalized spacial score (nSPS) is 11.0. The van der Waals surface area contributed by atoms with Crippen molar-refractivity contribution in [2.45, 2.75) is 4.21 Å². The van der Waals surface area contributed by atoms with Crippen LogP contribution >= 0.6 is 39.0 Å². The van der Waals surface area contributed by atoms with Crippen LogP contribution in [0.5, 0.6) is 0 Å². The summed E-state index contributed by atoms with van der Waals surface area (Å²) in [5, 5.41) is 0.973. The van der Waals surface area contributed by atoms with Gasteiger partial charge in [0.25, 0.3) is 0 Å². The first-order valence-corrected chi connectivity index (χ1v) is 6.46. The molecular formula is C9H6BrFS2. The Morgan fingerprint density at radius 1 is 1.38 bits per heavy atom. The molecule has 0 N–H and O–H groups in total. The summed E-state index contributed by atoms with van der Waals surface area (Å²) in [5.74, 6) is -0.190. The van der Waals surface area contributed by atoms with E-state index in [1.165, 1.54) is 10.3 Å². The van der Waals surface area contributed by atoms with Gasteiger partial charge in [0, 0.05) is 9.17 Å². The molecule has 1 aromatic heterocycles. The van der Waals surface area contributed by atoms with Gasteiger partial charge in [0.1, 0.15) is 5.82 Å². The average Bonchev–Trinajstić information content (AvgIpc) is 2.47. The Kier molecular flexibility index (Phi) is 2.62. The van der Waals surface area contributed by atoms with Crippen LogP contribution in [-0.2, 0) is 0 Å². The fourth-order valence-electron chi connectivity index (χ4n) is 1.15. The van der Waals surface area contributed by atoms with Gasteiger partial charge in [-0.1, -0.05) is 0 Å². The third-order valence-corrected chi connectivity index (χ3v) is 4.85. The SMILES string of the molecule is CSc1cc2cc(F)cc(Br)c2s1. The van der Waals surface area contributed by atoms with Gasteiger partial charge < -0.3 is 0 Å². The Balaban J connectivity index is 2.75. The van der Waals surface area contributed by atoms with Crippen LogP contribution in [0.1, 0.15) is 0 Å². The molecular weight excluding hydrogens is 271 g/mol. The minimum Gasteiger partial charge on any atom is -0.207 e. The molecule has 0 unspecified atom stereocenters. The van der Waals surface area contributed by atoms with E-state index in [1.54, 1.807) is 29.2 Å². The van der Waals surface area contributed by atoms with Gasteiger partial charge in [-0.25, -0.2) is 4.39 Å². The highest BCUT2D eigenvalue weighted by molar-refractivity contribution is 9.10. The standard InChI is InChI=1S/C9H6BrFS2/c1-12-8-3-5-2-6(11)4-7(10)9(5)13-8/h2-4H,1H3. The summed E-state index contributed by atoms with van der Waals surface area (Å²) in [4.78, 5) is 0. The second-order valence-electron chi connectivity index (χ2n) is 2.58. The molecule has 4 heteroatoms. The summed E-state index contributed by atoms with van der Waals surface area (Å²) in [7, 11) is 0. The van der Waals surface area contributed by atoms with Gasteiger partial charge in [0.05, 0.1) is 4.21 Å². The third-order valence-electron chi connectivity index (χ3n) is 1.71. The first kappa shape index (κ1) is 9.49. The Hall–Kier alpha value is -0.0600. The zero-order valence-corrected chi connectivity index (χ0v) is 10.0. The Labute approximate surface area is 92.3 Å². The van der Waals surface area contributed by atoms with Crippen molar-refractivity contribution >= 4 is 49.1 Å².